The molecular weight excluding hydrogens is 255 g/mol. The Balaban J connectivity index is 2.19. The Hall–Kier alpha value is -2.15. The van der Waals surface area contributed by atoms with Crippen LogP contribution in [0.25, 0.3) is 0 Å². The lowest BCUT2D eigenvalue weighted by atomic mass is 10.1. The van der Waals surface area contributed by atoms with Gasteiger partial charge in [0.1, 0.15) is 5.82 Å². The van der Waals surface area contributed by atoms with Crippen LogP contribution in [0, 0.1) is 5.82 Å². The molecule has 7 heteroatoms. The van der Waals surface area contributed by atoms with E-state index < -0.39 is 23.8 Å². The fourth-order valence-corrected chi connectivity index (χ4v) is 1.88. The average Bonchev–Trinajstić information content (AvgIpc) is 2.41. The second kappa shape index (κ2) is 5.23. The van der Waals surface area contributed by atoms with Gasteiger partial charge >= 0.3 is 5.97 Å². The van der Waals surface area contributed by atoms with Crippen molar-refractivity contribution in [2.24, 2.45) is 0 Å². The van der Waals surface area contributed by atoms with Crippen molar-refractivity contribution in [3.05, 3.63) is 29.6 Å². The van der Waals surface area contributed by atoms with Crippen LogP contribution < -0.4 is 5.73 Å². The zero-order chi connectivity index (χ0) is 14.0. The number of nitrogens with two attached hydrogens (primary N) is 1. The van der Waals surface area contributed by atoms with E-state index in [1.54, 1.807) is 0 Å². The quantitative estimate of drug-likeness (QED) is 0.754. The molecule has 1 aromatic rings. The maximum Gasteiger partial charge on any atom is 0.334 e. The number of nitrogens with zero attached hydrogens (tertiary/aromatic N) is 1. The topological polar surface area (TPSA) is 92.9 Å². The van der Waals surface area contributed by atoms with E-state index in [1.807, 2.05) is 0 Å². The van der Waals surface area contributed by atoms with E-state index in [0.29, 0.717) is 0 Å². The molecular formula is C12H13FN2O4. The summed E-state index contributed by atoms with van der Waals surface area (Å²) in [5.41, 5.74) is 5.32. The number of carboxylic acid groups (broad SMARTS) is 1. The van der Waals surface area contributed by atoms with Crippen LogP contribution in [-0.4, -0.2) is 47.7 Å². The first-order valence-corrected chi connectivity index (χ1v) is 5.68. The van der Waals surface area contributed by atoms with Crippen LogP contribution >= 0.6 is 0 Å². The predicted molar refractivity (Wildman–Crippen MR) is 64.1 cm³/mol. The summed E-state index contributed by atoms with van der Waals surface area (Å²) in [6, 6.07) is 3.95. The SMILES string of the molecule is Nc1c(F)cccc1C(=O)N1CCOC(C(=O)O)C1. The smallest absolute Gasteiger partial charge is 0.334 e. The van der Waals surface area contributed by atoms with Gasteiger partial charge in [-0.2, -0.15) is 0 Å². The summed E-state index contributed by atoms with van der Waals surface area (Å²) >= 11 is 0. The van der Waals surface area contributed by atoms with Gasteiger partial charge in [-0.25, -0.2) is 9.18 Å². The van der Waals surface area contributed by atoms with Crippen molar-refractivity contribution in [3.63, 3.8) is 0 Å². The molecule has 0 radical (unpaired) electrons. The molecule has 0 saturated carbocycles. The van der Waals surface area contributed by atoms with Gasteiger partial charge in [0.05, 0.1) is 24.4 Å². The van der Waals surface area contributed by atoms with Gasteiger partial charge in [0.2, 0.25) is 0 Å². The third kappa shape index (κ3) is 2.65. The molecule has 1 aromatic carbocycles. The monoisotopic (exact) mass is 268 g/mol. The molecule has 1 fully saturated rings. The van der Waals surface area contributed by atoms with E-state index in [9.17, 15) is 14.0 Å². The van der Waals surface area contributed by atoms with Gasteiger partial charge in [-0.3, -0.25) is 4.79 Å². The zero-order valence-corrected chi connectivity index (χ0v) is 10.0. The van der Waals surface area contributed by atoms with Crippen LogP contribution in [0.4, 0.5) is 10.1 Å². The van der Waals surface area contributed by atoms with E-state index in [-0.39, 0.29) is 30.9 Å². The molecule has 19 heavy (non-hydrogen) atoms. The number of nitrogen functional groups attached to an aromatic ring is 1. The zero-order valence-electron chi connectivity index (χ0n) is 10.0. The predicted octanol–water partition coefficient (Wildman–Crippen LogP) is 0.333. The van der Waals surface area contributed by atoms with Crippen molar-refractivity contribution < 1.29 is 23.8 Å². The maximum atomic E-state index is 13.3. The molecule has 1 saturated heterocycles. The first-order valence-electron chi connectivity index (χ1n) is 5.68. The normalized spacial score (nSPS) is 19.2. The van der Waals surface area contributed by atoms with E-state index in [4.69, 9.17) is 15.6 Å². The van der Waals surface area contributed by atoms with Gasteiger partial charge < -0.3 is 20.5 Å². The number of carbonyl (C=O) groups is 2. The number of hydrogen-bond donors (Lipinski definition) is 2. The number of amides is 1. The number of aliphatic carboxylic acids is 1. The molecule has 2 rings (SSSR count). The van der Waals surface area contributed by atoms with Crippen LogP contribution in [0.3, 0.4) is 0 Å². The average molecular weight is 268 g/mol. The molecule has 0 spiro atoms. The molecule has 1 atom stereocenters. The van der Waals surface area contributed by atoms with Crippen LogP contribution in [0.1, 0.15) is 10.4 Å². The van der Waals surface area contributed by atoms with Gasteiger partial charge in [0.15, 0.2) is 6.10 Å². The second-order valence-corrected chi connectivity index (χ2v) is 4.15. The number of anilines is 1. The molecule has 6 nitrogen and oxygen atoms in total. The van der Waals surface area contributed by atoms with Crippen LogP contribution in [0.5, 0.6) is 0 Å². The molecule has 1 unspecified atom stereocenters. The molecule has 1 amide bonds. The summed E-state index contributed by atoms with van der Waals surface area (Å²) in [7, 11) is 0. The highest BCUT2D eigenvalue weighted by Crippen LogP contribution is 2.19. The lowest BCUT2D eigenvalue weighted by Gasteiger charge is -2.31. The second-order valence-electron chi connectivity index (χ2n) is 4.15. The van der Waals surface area contributed by atoms with Crippen molar-refractivity contribution in [2.75, 3.05) is 25.4 Å². The van der Waals surface area contributed by atoms with Crippen molar-refractivity contribution >= 4 is 17.6 Å². The Morgan fingerprint density at radius 3 is 2.89 bits per heavy atom. The van der Waals surface area contributed by atoms with E-state index in [2.05, 4.69) is 0 Å². The number of para-hydroxylation sites is 1. The van der Waals surface area contributed by atoms with Gasteiger partial charge in [0.25, 0.3) is 5.91 Å². The van der Waals surface area contributed by atoms with Crippen molar-refractivity contribution in [3.8, 4) is 0 Å². The number of rotatable bonds is 2. The van der Waals surface area contributed by atoms with Crippen LogP contribution in [-0.2, 0) is 9.53 Å². The Morgan fingerprint density at radius 2 is 2.21 bits per heavy atom. The van der Waals surface area contributed by atoms with Gasteiger partial charge in [-0.1, -0.05) is 6.07 Å². The van der Waals surface area contributed by atoms with E-state index in [0.717, 1.165) is 6.07 Å². The number of ether oxygens (including phenoxy) is 1. The van der Waals surface area contributed by atoms with Crippen LogP contribution in [0.15, 0.2) is 18.2 Å². The highest BCUT2D eigenvalue weighted by atomic mass is 19.1. The molecule has 1 aliphatic rings. The van der Waals surface area contributed by atoms with Crippen molar-refractivity contribution in [2.45, 2.75) is 6.10 Å². The first-order chi connectivity index (χ1) is 9.00. The number of benzene rings is 1. The summed E-state index contributed by atoms with van der Waals surface area (Å²) in [6.07, 6.45) is -1.06. The minimum absolute atomic E-state index is 0.0334. The number of carbonyl (C=O) groups excluding carboxylic acids is 1. The highest BCUT2D eigenvalue weighted by Gasteiger charge is 2.30. The third-order valence-electron chi connectivity index (χ3n) is 2.91. The Morgan fingerprint density at radius 1 is 1.47 bits per heavy atom. The van der Waals surface area contributed by atoms with Gasteiger partial charge in [-0.05, 0) is 12.1 Å². The van der Waals surface area contributed by atoms with Gasteiger partial charge in [0, 0.05) is 6.54 Å². The lowest BCUT2D eigenvalue weighted by Crippen LogP contribution is -2.48. The molecule has 102 valence electrons. The molecule has 0 aliphatic carbocycles. The summed E-state index contributed by atoms with van der Waals surface area (Å²) in [5.74, 6) is -2.30. The molecule has 0 bridgehead atoms. The Bertz CT molecular complexity index is 520. The largest absolute Gasteiger partial charge is 0.479 e. The summed E-state index contributed by atoms with van der Waals surface area (Å²) in [5, 5.41) is 8.86. The third-order valence-corrected chi connectivity index (χ3v) is 2.91. The van der Waals surface area contributed by atoms with Crippen molar-refractivity contribution in [1.82, 2.24) is 4.90 Å². The molecule has 1 heterocycles. The fourth-order valence-electron chi connectivity index (χ4n) is 1.88. The van der Waals surface area contributed by atoms with E-state index in [1.165, 1.54) is 17.0 Å². The van der Waals surface area contributed by atoms with Crippen molar-refractivity contribution in [1.29, 1.82) is 0 Å². The Kier molecular flexibility index (Phi) is 3.66. The lowest BCUT2D eigenvalue weighted by molar-refractivity contribution is -0.154. The number of halogens is 1. The summed E-state index contributed by atoms with van der Waals surface area (Å²) < 4.78 is 18.3. The number of hydrogen-bond acceptors (Lipinski definition) is 4. The molecule has 0 aromatic heterocycles. The molecule has 1 aliphatic heterocycles. The maximum absolute atomic E-state index is 13.3. The number of carboxylic acids is 1. The molecule has 3 N–H and O–H groups in total. The van der Waals surface area contributed by atoms with Gasteiger partial charge in [-0.15, -0.1) is 0 Å². The van der Waals surface area contributed by atoms with Crippen LogP contribution in [0.2, 0.25) is 0 Å². The summed E-state index contributed by atoms with van der Waals surface area (Å²) in [6.45, 7) is 0.292. The fraction of sp³-hybridized carbons (Fsp3) is 0.333. The van der Waals surface area contributed by atoms with E-state index >= 15 is 0 Å². The summed E-state index contributed by atoms with van der Waals surface area (Å²) in [4.78, 5) is 24.3. The first kappa shape index (κ1) is 13.3. The standard InChI is InChI=1S/C12H13FN2O4/c13-8-3-1-2-7(10(8)14)11(16)15-4-5-19-9(6-15)12(17)18/h1-3,9H,4-6,14H2,(H,17,18). The minimum Gasteiger partial charge on any atom is -0.479 e. The Labute approximate surface area is 108 Å². The minimum atomic E-state index is -1.13. The number of morpholine rings is 1. The highest BCUT2D eigenvalue weighted by molar-refractivity contribution is 5.99.